The van der Waals surface area contributed by atoms with E-state index in [1.807, 2.05) is 0 Å². The van der Waals surface area contributed by atoms with E-state index >= 15 is 0 Å². The van der Waals surface area contributed by atoms with Crippen LogP contribution in [0.4, 0.5) is 4.39 Å². The van der Waals surface area contributed by atoms with Crippen LogP contribution < -0.4 is 5.73 Å². The monoisotopic (exact) mass is 215 g/mol. The van der Waals surface area contributed by atoms with Crippen molar-refractivity contribution in [3.05, 3.63) is 34.1 Å². The Labute approximate surface area is 86.9 Å². The van der Waals surface area contributed by atoms with E-state index in [0.717, 1.165) is 0 Å². The lowest BCUT2D eigenvalue weighted by molar-refractivity contribution is 0.0984. The first-order chi connectivity index (χ1) is 6.61. The highest BCUT2D eigenvalue weighted by molar-refractivity contribution is 6.34. The number of benzene rings is 1. The maximum absolute atomic E-state index is 13.3. The molecule has 0 aliphatic heterocycles. The average Bonchev–Trinajstić information content (AvgIpc) is 2.18. The second-order valence-corrected chi connectivity index (χ2v) is 3.25. The zero-order valence-corrected chi connectivity index (χ0v) is 8.57. The highest BCUT2D eigenvalue weighted by atomic mass is 35.5. The summed E-state index contributed by atoms with van der Waals surface area (Å²) in [5.74, 6) is -0.887. The van der Waals surface area contributed by atoms with Crippen LogP contribution in [0.25, 0.3) is 0 Å². The van der Waals surface area contributed by atoms with Crippen LogP contribution in [0.1, 0.15) is 29.3 Å². The third kappa shape index (κ3) is 1.94. The maximum atomic E-state index is 13.3. The molecule has 0 spiro atoms. The Morgan fingerprint density at radius 2 is 2.21 bits per heavy atom. The summed E-state index contributed by atoms with van der Waals surface area (Å²) in [7, 11) is 0. The van der Waals surface area contributed by atoms with Gasteiger partial charge < -0.3 is 5.73 Å². The number of carbonyl (C=O) groups is 1. The molecule has 0 aromatic heterocycles. The fourth-order valence-electron chi connectivity index (χ4n) is 1.19. The quantitative estimate of drug-likeness (QED) is 0.788. The average molecular weight is 216 g/mol. The third-order valence-electron chi connectivity index (χ3n) is 1.99. The zero-order valence-electron chi connectivity index (χ0n) is 7.81. The molecule has 2 N–H and O–H groups in total. The molecular formula is C10H11ClFNO. The molecule has 0 unspecified atom stereocenters. The molecule has 0 fully saturated rings. The van der Waals surface area contributed by atoms with E-state index in [2.05, 4.69) is 0 Å². The van der Waals surface area contributed by atoms with Crippen LogP contribution in [0.3, 0.4) is 0 Å². The van der Waals surface area contributed by atoms with E-state index in [4.69, 9.17) is 17.3 Å². The smallest absolute Gasteiger partial charge is 0.167 e. The molecular weight excluding hydrogens is 205 g/mol. The van der Waals surface area contributed by atoms with Gasteiger partial charge in [0.05, 0.1) is 10.6 Å². The molecule has 2 nitrogen and oxygen atoms in total. The van der Waals surface area contributed by atoms with Crippen LogP contribution in [-0.2, 0) is 6.54 Å². The lowest BCUT2D eigenvalue weighted by Crippen LogP contribution is -2.06. The number of rotatable bonds is 3. The highest BCUT2D eigenvalue weighted by Crippen LogP contribution is 2.24. The standard InChI is InChI=1S/C10H11ClFNO/c1-2-8(14)9-7(12)4-3-6(5-13)10(9)11/h3-4H,2,5,13H2,1H3. The minimum atomic E-state index is -0.584. The second-order valence-electron chi connectivity index (χ2n) is 2.88. The number of nitrogens with two attached hydrogens (primary N) is 1. The maximum Gasteiger partial charge on any atom is 0.167 e. The van der Waals surface area contributed by atoms with Crippen molar-refractivity contribution in [3.8, 4) is 0 Å². The molecule has 0 heterocycles. The third-order valence-corrected chi connectivity index (χ3v) is 2.42. The van der Waals surface area contributed by atoms with E-state index in [-0.39, 0.29) is 29.3 Å². The molecule has 0 saturated carbocycles. The Morgan fingerprint density at radius 3 is 2.71 bits per heavy atom. The highest BCUT2D eigenvalue weighted by Gasteiger charge is 2.16. The van der Waals surface area contributed by atoms with Gasteiger partial charge in [0, 0.05) is 13.0 Å². The van der Waals surface area contributed by atoms with Crippen molar-refractivity contribution >= 4 is 17.4 Å². The number of hydrogen-bond acceptors (Lipinski definition) is 2. The van der Waals surface area contributed by atoms with Gasteiger partial charge in [-0.05, 0) is 11.6 Å². The van der Waals surface area contributed by atoms with Crippen LogP contribution in [0.2, 0.25) is 5.02 Å². The molecule has 1 aromatic carbocycles. The van der Waals surface area contributed by atoms with Gasteiger partial charge in [0.1, 0.15) is 5.82 Å². The summed E-state index contributed by atoms with van der Waals surface area (Å²) in [6.07, 6.45) is 0.227. The van der Waals surface area contributed by atoms with Crippen LogP contribution >= 0.6 is 11.6 Å². The first kappa shape index (κ1) is 11.1. The van der Waals surface area contributed by atoms with E-state index in [0.29, 0.717) is 5.56 Å². The molecule has 14 heavy (non-hydrogen) atoms. The molecule has 0 aliphatic carbocycles. The number of hydrogen-bond donors (Lipinski definition) is 1. The lowest BCUT2D eigenvalue weighted by atomic mass is 10.0. The minimum absolute atomic E-state index is 0.0443. The topological polar surface area (TPSA) is 43.1 Å². The Hall–Kier alpha value is -0.930. The van der Waals surface area contributed by atoms with Gasteiger partial charge in [0.15, 0.2) is 5.78 Å². The number of ketones is 1. The summed E-state index contributed by atoms with van der Waals surface area (Å²) in [5, 5.41) is 0.138. The van der Waals surface area contributed by atoms with Gasteiger partial charge in [-0.25, -0.2) is 4.39 Å². The van der Waals surface area contributed by atoms with Crippen LogP contribution in [0, 0.1) is 5.82 Å². The molecule has 0 amide bonds. The van der Waals surface area contributed by atoms with Crippen molar-refractivity contribution in [1.29, 1.82) is 0 Å². The van der Waals surface area contributed by atoms with Crippen molar-refractivity contribution < 1.29 is 9.18 Å². The fourth-order valence-corrected chi connectivity index (χ4v) is 1.52. The predicted molar refractivity (Wildman–Crippen MR) is 53.9 cm³/mol. The zero-order chi connectivity index (χ0) is 10.7. The molecule has 0 radical (unpaired) electrons. The van der Waals surface area contributed by atoms with Crippen molar-refractivity contribution in [2.45, 2.75) is 19.9 Å². The van der Waals surface area contributed by atoms with Crippen molar-refractivity contribution in [2.24, 2.45) is 5.73 Å². The molecule has 0 bridgehead atoms. The lowest BCUT2D eigenvalue weighted by Gasteiger charge is -2.07. The normalized spacial score (nSPS) is 10.3. The van der Waals surface area contributed by atoms with Gasteiger partial charge in [-0.3, -0.25) is 4.79 Å². The summed E-state index contributed by atoms with van der Waals surface area (Å²) in [6.45, 7) is 1.86. The SMILES string of the molecule is CCC(=O)c1c(F)ccc(CN)c1Cl. The van der Waals surface area contributed by atoms with Gasteiger partial charge in [-0.15, -0.1) is 0 Å². The number of halogens is 2. The van der Waals surface area contributed by atoms with Crippen molar-refractivity contribution in [3.63, 3.8) is 0 Å². The van der Waals surface area contributed by atoms with Gasteiger partial charge in [0.25, 0.3) is 0 Å². The van der Waals surface area contributed by atoms with Gasteiger partial charge in [0.2, 0.25) is 0 Å². The van der Waals surface area contributed by atoms with Gasteiger partial charge in [-0.2, -0.15) is 0 Å². The Balaban J connectivity index is 3.32. The van der Waals surface area contributed by atoms with Gasteiger partial charge in [-0.1, -0.05) is 24.6 Å². The number of Topliss-reactive ketones (excluding diaryl/α,β-unsaturated/α-hetero) is 1. The summed E-state index contributed by atoms with van der Waals surface area (Å²) >= 11 is 5.85. The van der Waals surface area contributed by atoms with E-state index in [9.17, 15) is 9.18 Å². The van der Waals surface area contributed by atoms with Gasteiger partial charge >= 0.3 is 0 Å². The summed E-state index contributed by atoms with van der Waals surface area (Å²) < 4.78 is 13.3. The Bertz CT molecular complexity index is 365. The molecule has 0 atom stereocenters. The Morgan fingerprint density at radius 1 is 1.57 bits per heavy atom. The molecule has 0 saturated heterocycles. The van der Waals surface area contributed by atoms with E-state index in [1.54, 1.807) is 6.92 Å². The minimum Gasteiger partial charge on any atom is -0.326 e. The number of carbonyl (C=O) groups excluding carboxylic acids is 1. The van der Waals surface area contributed by atoms with E-state index < -0.39 is 5.82 Å². The first-order valence-corrected chi connectivity index (χ1v) is 4.69. The van der Waals surface area contributed by atoms with Crippen LogP contribution in [0.15, 0.2) is 12.1 Å². The fraction of sp³-hybridized carbons (Fsp3) is 0.300. The van der Waals surface area contributed by atoms with E-state index in [1.165, 1.54) is 12.1 Å². The first-order valence-electron chi connectivity index (χ1n) is 4.32. The van der Waals surface area contributed by atoms with Crippen LogP contribution in [0.5, 0.6) is 0 Å². The summed E-state index contributed by atoms with van der Waals surface area (Å²) in [5.41, 5.74) is 5.94. The molecule has 76 valence electrons. The van der Waals surface area contributed by atoms with Crippen molar-refractivity contribution in [1.82, 2.24) is 0 Å². The van der Waals surface area contributed by atoms with Crippen molar-refractivity contribution in [2.75, 3.05) is 0 Å². The predicted octanol–water partition coefficient (Wildman–Crippen LogP) is 2.53. The molecule has 0 aliphatic rings. The summed E-state index contributed by atoms with van der Waals surface area (Å²) in [6, 6.07) is 2.71. The molecule has 1 aromatic rings. The van der Waals surface area contributed by atoms with Crippen LogP contribution in [-0.4, -0.2) is 5.78 Å². The molecule has 1 rings (SSSR count). The Kier molecular flexibility index (Phi) is 3.61. The second kappa shape index (κ2) is 4.53. The largest absolute Gasteiger partial charge is 0.326 e. The molecule has 4 heteroatoms. The summed E-state index contributed by atoms with van der Waals surface area (Å²) in [4.78, 5) is 11.4.